The Morgan fingerprint density at radius 3 is 2.56 bits per heavy atom. The van der Waals surface area contributed by atoms with Crippen LogP contribution >= 0.6 is 0 Å². The minimum absolute atomic E-state index is 0.000171. The van der Waals surface area contributed by atoms with Gasteiger partial charge in [-0.15, -0.1) is 13.2 Å². The van der Waals surface area contributed by atoms with E-state index in [9.17, 15) is 23.1 Å². The Bertz CT molecular complexity index is 882. The van der Waals surface area contributed by atoms with E-state index in [0.29, 0.717) is 51.3 Å². The number of piperidine rings is 1. The van der Waals surface area contributed by atoms with Crippen molar-refractivity contribution in [3.63, 3.8) is 0 Å². The van der Waals surface area contributed by atoms with Crippen molar-refractivity contribution in [2.75, 3.05) is 40.4 Å². The summed E-state index contributed by atoms with van der Waals surface area (Å²) in [5, 5.41) is 18.5. The Morgan fingerprint density at radius 1 is 1.13 bits per heavy atom. The van der Waals surface area contributed by atoms with Gasteiger partial charge in [0.15, 0.2) is 0 Å². The number of amides is 2. The molecule has 2 amide bonds. The van der Waals surface area contributed by atoms with Crippen LogP contribution in [-0.4, -0.2) is 68.8 Å². The lowest BCUT2D eigenvalue weighted by Gasteiger charge is -2.43. The molecule has 0 spiro atoms. The molecule has 1 saturated carbocycles. The van der Waals surface area contributed by atoms with Crippen LogP contribution in [0.4, 0.5) is 18.0 Å². The molecule has 0 radical (unpaired) electrons. The molecule has 0 bridgehead atoms. The maximum absolute atomic E-state index is 13.4. The molecule has 1 saturated heterocycles. The van der Waals surface area contributed by atoms with Gasteiger partial charge in [-0.1, -0.05) is 50.3 Å². The van der Waals surface area contributed by atoms with Gasteiger partial charge in [0.1, 0.15) is 5.75 Å². The second-order valence-electron chi connectivity index (χ2n) is 11.1. The molecular formula is C29H46F3N3O4. The van der Waals surface area contributed by atoms with Crippen LogP contribution in [0.1, 0.15) is 76.2 Å². The van der Waals surface area contributed by atoms with E-state index in [1.807, 2.05) is 7.05 Å². The Balaban J connectivity index is 1.77. The number of methoxy groups -OCH3 is 1. The van der Waals surface area contributed by atoms with Gasteiger partial charge in [0.05, 0.1) is 5.60 Å². The number of nitrogens with one attached hydrogen (secondary N) is 2. The lowest BCUT2D eigenvalue weighted by atomic mass is 9.73. The number of halogens is 3. The third kappa shape index (κ3) is 9.53. The summed E-state index contributed by atoms with van der Waals surface area (Å²) in [5.41, 5.74) is -1.49. The number of benzene rings is 1. The summed E-state index contributed by atoms with van der Waals surface area (Å²) in [7, 11) is 3.47. The molecule has 2 aliphatic rings. The number of carbonyl (C=O) groups is 1. The summed E-state index contributed by atoms with van der Waals surface area (Å²) in [4.78, 5) is 15.1. The summed E-state index contributed by atoms with van der Waals surface area (Å²) >= 11 is 0. The van der Waals surface area contributed by atoms with E-state index in [4.69, 9.17) is 4.74 Å². The lowest BCUT2D eigenvalue weighted by Crippen LogP contribution is -2.54. The first-order chi connectivity index (χ1) is 18.7. The standard InChI is InChI=1S/C29H46F3N3O4/c1-33-20-24(19-22-11-4-3-5-12-22)34-27(36)35-17-10-13-23(21-35)28(37,16-8-9-18-38-2)25-14-6-7-15-26(25)39-29(30,31)32/h6-7,14-15,22-24,33,37H,3-5,8-13,16-21H2,1-2H3,(H,34,36)/t23-,24?,28+/m1/s1. The molecule has 1 unspecified atom stereocenters. The SMILES string of the molecule is CNCC(CC1CCCCC1)NC(=O)N1CCC[C@@H]([C@@](O)(CCCCOC)c2ccccc2OC(F)(F)F)C1. The number of aliphatic hydroxyl groups is 1. The topological polar surface area (TPSA) is 83.1 Å². The molecule has 0 aromatic heterocycles. The highest BCUT2D eigenvalue weighted by atomic mass is 19.4. The summed E-state index contributed by atoms with van der Waals surface area (Å²) in [6.45, 7) is 1.95. The molecular weight excluding hydrogens is 511 g/mol. The highest BCUT2D eigenvalue weighted by Gasteiger charge is 2.44. The largest absolute Gasteiger partial charge is 0.573 e. The number of hydrogen-bond acceptors (Lipinski definition) is 5. The van der Waals surface area contributed by atoms with Crippen molar-refractivity contribution in [2.24, 2.45) is 11.8 Å². The van der Waals surface area contributed by atoms with Crippen molar-refractivity contribution in [1.82, 2.24) is 15.5 Å². The molecule has 1 heterocycles. The van der Waals surface area contributed by atoms with Gasteiger partial charge >= 0.3 is 12.4 Å². The molecule has 3 rings (SSSR count). The molecule has 7 nitrogen and oxygen atoms in total. The van der Waals surface area contributed by atoms with Crippen molar-refractivity contribution in [3.8, 4) is 5.75 Å². The van der Waals surface area contributed by atoms with Crippen LogP contribution in [0.15, 0.2) is 24.3 Å². The van der Waals surface area contributed by atoms with E-state index in [1.54, 1.807) is 18.1 Å². The minimum Gasteiger partial charge on any atom is -0.405 e. The van der Waals surface area contributed by atoms with Crippen LogP contribution in [-0.2, 0) is 10.3 Å². The van der Waals surface area contributed by atoms with Gasteiger partial charge in [-0.3, -0.25) is 0 Å². The van der Waals surface area contributed by atoms with Crippen molar-refractivity contribution >= 4 is 6.03 Å². The monoisotopic (exact) mass is 557 g/mol. The van der Waals surface area contributed by atoms with Gasteiger partial charge < -0.3 is 30.1 Å². The molecule has 3 N–H and O–H groups in total. The Kier molecular flexibility index (Phi) is 12.2. The number of para-hydroxylation sites is 1. The molecule has 39 heavy (non-hydrogen) atoms. The number of unbranched alkanes of at least 4 members (excludes halogenated alkanes) is 1. The number of likely N-dealkylation sites (tertiary alicyclic amines) is 1. The summed E-state index contributed by atoms with van der Waals surface area (Å²) in [6.07, 6.45) is 4.87. The second-order valence-corrected chi connectivity index (χ2v) is 11.1. The zero-order valence-corrected chi connectivity index (χ0v) is 23.4. The number of hydrogen-bond donors (Lipinski definition) is 3. The van der Waals surface area contributed by atoms with Crippen molar-refractivity contribution in [3.05, 3.63) is 29.8 Å². The van der Waals surface area contributed by atoms with E-state index in [-0.39, 0.29) is 30.6 Å². The Labute approximate surface area is 230 Å². The van der Waals surface area contributed by atoms with E-state index in [1.165, 1.54) is 50.3 Å². The van der Waals surface area contributed by atoms with Gasteiger partial charge in [-0.25, -0.2) is 4.79 Å². The van der Waals surface area contributed by atoms with Crippen molar-refractivity contribution in [2.45, 2.75) is 88.6 Å². The van der Waals surface area contributed by atoms with Crippen LogP contribution in [0.2, 0.25) is 0 Å². The molecule has 1 aliphatic heterocycles. The Morgan fingerprint density at radius 2 is 1.87 bits per heavy atom. The molecule has 1 aliphatic carbocycles. The maximum Gasteiger partial charge on any atom is 0.573 e. The van der Waals surface area contributed by atoms with Gasteiger partial charge in [-0.2, -0.15) is 0 Å². The summed E-state index contributed by atoms with van der Waals surface area (Å²) in [5.74, 6) is -0.241. The molecule has 222 valence electrons. The maximum atomic E-state index is 13.4. The van der Waals surface area contributed by atoms with Crippen LogP contribution in [0.25, 0.3) is 0 Å². The molecule has 1 aromatic rings. The average molecular weight is 558 g/mol. The summed E-state index contributed by atoms with van der Waals surface area (Å²) in [6, 6.07) is 5.63. The number of alkyl halides is 3. The highest BCUT2D eigenvalue weighted by molar-refractivity contribution is 5.74. The van der Waals surface area contributed by atoms with Gasteiger partial charge in [0.2, 0.25) is 0 Å². The Hall–Kier alpha value is -2.04. The van der Waals surface area contributed by atoms with Gasteiger partial charge in [0.25, 0.3) is 0 Å². The molecule has 3 atom stereocenters. The fraction of sp³-hybridized carbons (Fsp3) is 0.759. The number of rotatable bonds is 13. The fourth-order valence-corrected chi connectivity index (χ4v) is 6.32. The number of likely N-dealkylation sites (N-methyl/N-ethyl adjacent to an activating group) is 1. The normalized spacial score (nSPS) is 21.3. The predicted octanol–water partition coefficient (Wildman–Crippen LogP) is 5.57. The van der Waals surface area contributed by atoms with Crippen LogP contribution < -0.4 is 15.4 Å². The number of ether oxygens (including phenoxy) is 2. The molecule has 2 fully saturated rings. The lowest BCUT2D eigenvalue weighted by molar-refractivity contribution is -0.275. The third-order valence-electron chi connectivity index (χ3n) is 8.24. The first-order valence-electron chi connectivity index (χ1n) is 14.4. The smallest absolute Gasteiger partial charge is 0.405 e. The average Bonchev–Trinajstić information content (AvgIpc) is 2.91. The first-order valence-corrected chi connectivity index (χ1v) is 14.4. The van der Waals surface area contributed by atoms with E-state index in [2.05, 4.69) is 15.4 Å². The quantitative estimate of drug-likeness (QED) is 0.276. The van der Waals surface area contributed by atoms with Gasteiger partial charge in [0, 0.05) is 50.9 Å². The van der Waals surface area contributed by atoms with E-state index < -0.39 is 23.6 Å². The number of carbonyl (C=O) groups excluding carboxylic acids is 1. The fourth-order valence-electron chi connectivity index (χ4n) is 6.32. The molecule has 10 heteroatoms. The van der Waals surface area contributed by atoms with Crippen LogP contribution in [0.5, 0.6) is 5.75 Å². The second kappa shape index (κ2) is 15.1. The number of urea groups is 1. The van der Waals surface area contributed by atoms with Crippen LogP contribution in [0, 0.1) is 11.8 Å². The predicted molar refractivity (Wildman–Crippen MR) is 144 cm³/mol. The molecule has 1 aromatic carbocycles. The van der Waals surface area contributed by atoms with Crippen molar-refractivity contribution in [1.29, 1.82) is 0 Å². The van der Waals surface area contributed by atoms with E-state index >= 15 is 0 Å². The zero-order chi connectivity index (χ0) is 28.3. The van der Waals surface area contributed by atoms with E-state index in [0.717, 1.165) is 6.42 Å². The number of nitrogens with zero attached hydrogens (tertiary/aromatic N) is 1. The summed E-state index contributed by atoms with van der Waals surface area (Å²) < 4.78 is 49.2. The van der Waals surface area contributed by atoms with Crippen LogP contribution in [0.3, 0.4) is 0 Å². The first kappa shape index (κ1) is 31.5. The minimum atomic E-state index is -4.88. The van der Waals surface area contributed by atoms with Crippen molar-refractivity contribution < 1.29 is 32.5 Å². The highest BCUT2D eigenvalue weighted by Crippen LogP contribution is 2.44. The zero-order valence-electron chi connectivity index (χ0n) is 23.4. The third-order valence-corrected chi connectivity index (χ3v) is 8.24. The van der Waals surface area contributed by atoms with Gasteiger partial charge in [-0.05, 0) is 57.6 Å².